The predicted octanol–water partition coefficient (Wildman–Crippen LogP) is 1.52. The maximum Gasteiger partial charge on any atom is 0.254 e. The van der Waals surface area contributed by atoms with Gasteiger partial charge in [0.1, 0.15) is 0 Å². The SMILES string of the molecule is Cc1cc(N)ccc1C(=O)N1CCN(C(=O)C(C)C)CC1. The lowest BCUT2D eigenvalue weighted by Crippen LogP contribution is -2.51. The van der Waals surface area contributed by atoms with Gasteiger partial charge in [0, 0.05) is 43.3 Å². The van der Waals surface area contributed by atoms with E-state index in [-0.39, 0.29) is 17.7 Å². The van der Waals surface area contributed by atoms with E-state index in [2.05, 4.69) is 0 Å². The van der Waals surface area contributed by atoms with Crippen LogP contribution in [0, 0.1) is 12.8 Å². The van der Waals surface area contributed by atoms with Gasteiger partial charge in [-0.25, -0.2) is 0 Å². The van der Waals surface area contributed by atoms with Gasteiger partial charge in [-0.15, -0.1) is 0 Å². The van der Waals surface area contributed by atoms with Gasteiger partial charge in [-0.2, -0.15) is 0 Å². The molecule has 0 aromatic heterocycles. The quantitative estimate of drug-likeness (QED) is 0.839. The lowest BCUT2D eigenvalue weighted by Gasteiger charge is -2.35. The molecule has 1 aliphatic rings. The second-order valence-electron chi connectivity index (χ2n) is 5.85. The van der Waals surface area contributed by atoms with Gasteiger partial charge in [0.15, 0.2) is 0 Å². The summed E-state index contributed by atoms with van der Waals surface area (Å²) in [5.74, 6) is 0.182. The molecule has 1 saturated heterocycles. The van der Waals surface area contributed by atoms with E-state index < -0.39 is 0 Å². The molecule has 1 aromatic carbocycles. The van der Waals surface area contributed by atoms with Crippen LogP contribution in [0.1, 0.15) is 29.8 Å². The molecule has 0 spiro atoms. The zero-order valence-corrected chi connectivity index (χ0v) is 12.9. The number of carbonyl (C=O) groups excluding carboxylic acids is 2. The van der Waals surface area contributed by atoms with Crippen LogP contribution in [0.2, 0.25) is 0 Å². The third-order valence-electron chi connectivity index (χ3n) is 3.85. The molecule has 0 saturated carbocycles. The highest BCUT2D eigenvalue weighted by Crippen LogP contribution is 2.16. The summed E-state index contributed by atoms with van der Waals surface area (Å²) in [5.41, 5.74) is 7.96. The number of carbonyl (C=O) groups is 2. The van der Waals surface area contributed by atoms with E-state index in [9.17, 15) is 9.59 Å². The summed E-state index contributed by atoms with van der Waals surface area (Å²) in [6, 6.07) is 5.34. The van der Waals surface area contributed by atoms with Crippen LogP contribution >= 0.6 is 0 Å². The number of nitrogen functional groups attached to an aromatic ring is 1. The van der Waals surface area contributed by atoms with Crippen LogP contribution in [0.15, 0.2) is 18.2 Å². The second kappa shape index (κ2) is 6.16. The smallest absolute Gasteiger partial charge is 0.254 e. The van der Waals surface area contributed by atoms with Crippen LogP contribution in [0.25, 0.3) is 0 Å². The molecule has 0 bridgehead atoms. The number of amides is 2. The fourth-order valence-corrected chi connectivity index (χ4v) is 2.59. The minimum atomic E-state index is 0.00611. The molecule has 5 nitrogen and oxygen atoms in total. The van der Waals surface area contributed by atoms with E-state index >= 15 is 0 Å². The Bertz CT molecular complexity index is 546. The topological polar surface area (TPSA) is 66.6 Å². The molecule has 1 aliphatic heterocycles. The Labute approximate surface area is 125 Å². The lowest BCUT2D eigenvalue weighted by molar-refractivity contribution is -0.135. The highest BCUT2D eigenvalue weighted by atomic mass is 16.2. The van der Waals surface area contributed by atoms with Crippen LogP contribution in [-0.4, -0.2) is 47.8 Å². The van der Waals surface area contributed by atoms with Crippen molar-refractivity contribution < 1.29 is 9.59 Å². The molecule has 2 rings (SSSR count). The maximum atomic E-state index is 12.5. The first-order chi connectivity index (χ1) is 9.90. The number of hydrogen-bond donors (Lipinski definition) is 1. The zero-order valence-electron chi connectivity index (χ0n) is 12.9. The first kappa shape index (κ1) is 15.4. The molecule has 0 atom stereocenters. The normalized spacial score (nSPS) is 15.4. The number of nitrogens with zero attached hydrogens (tertiary/aromatic N) is 2. The molecular formula is C16H23N3O2. The van der Waals surface area contributed by atoms with Crippen LogP contribution in [-0.2, 0) is 4.79 Å². The van der Waals surface area contributed by atoms with Crippen molar-refractivity contribution in [2.24, 2.45) is 5.92 Å². The average molecular weight is 289 g/mol. The molecule has 1 fully saturated rings. The van der Waals surface area contributed by atoms with Crippen molar-refractivity contribution in [1.82, 2.24) is 9.80 Å². The zero-order chi connectivity index (χ0) is 15.6. The standard InChI is InChI=1S/C16H23N3O2/c1-11(2)15(20)18-6-8-19(9-7-18)16(21)14-5-4-13(17)10-12(14)3/h4-5,10-11H,6-9,17H2,1-3H3. The molecule has 114 valence electrons. The number of benzene rings is 1. The van der Waals surface area contributed by atoms with Crippen LogP contribution in [0.4, 0.5) is 5.69 Å². The highest BCUT2D eigenvalue weighted by molar-refractivity contribution is 5.96. The van der Waals surface area contributed by atoms with Crippen molar-refractivity contribution in [2.75, 3.05) is 31.9 Å². The van der Waals surface area contributed by atoms with E-state index in [4.69, 9.17) is 5.73 Å². The van der Waals surface area contributed by atoms with Crippen molar-refractivity contribution in [3.8, 4) is 0 Å². The van der Waals surface area contributed by atoms with Gasteiger partial charge < -0.3 is 15.5 Å². The summed E-state index contributed by atoms with van der Waals surface area (Å²) < 4.78 is 0. The maximum absolute atomic E-state index is 12.5. The molecule has 0 unspecified atom stereocenters. The number of piperazine rings is 1. The number of rotatable bonds is 2. The Hall–Kier alpha value is -2.04. The molecule has 5 heteroatoms. The van der Waals surface area contributed by atoms with Gasteiger partial charge >= 0.3 is 0 Å². The molecule has 0 aliphatic carbocycles. The Morgan fingerprint density at radius 2 is 1.67 bits per heavy atom. The molecule has 0 radical (unpaired) electrons. The van der Waals surface area contributed by atoms with Crippen molar-refractivity contribution in [3.63, 3.8) is 0 Å². The molecule has 1 aromatic rings. The minimum absolute atomic E-state index is 0.00611. The fourth-order valence-electron chi connectivity index (χ4n) is 2.59. The first-order valence-corrected chi connectivity index (χ1v) is 7.34. The van der Waals surface area contributed by atoms with E-state index in [0.29, 0.717) is 37.4 Å². The van der Waals surface area contributed by atoms with Gasteiger partial charge in [0.2, 0.25) is 5.91 Å². The second-order valence-corrected chi connectivity index (χ2v) is 5.85. The third kappa shape index (κ3) is 3.35. The van der Waals surface area contributed by atoms with Gasteiger partial charge in [0.05, 0.1) is 0 Å². The van der Waals surface area contributed by atoms with Crippen molar-refractivity contribution >= 4 is 17.5 Å². The summed E-state index contributed by atoms with van der Waals surface area (Å²) in [6.07, 6.45) is 0. The van der Waals surface area contributed by atoms with Gasteiger partial charge in [-0.3, -0.25) is 9.59 Å². The number of nitrogens with two attached hydrogens (primary N) is 1. The summed E-state index contributed by atoms with van der Waals surface area (Å²) in [4.78, 5) is 28.1. The number of anilines is 1. The third-order valence-corrected chi connectivity index (χ3v) is 3.85. The Morgan fingerprint density at radius 1 is 1.10 bits per heavy atom. The summed E-state index contributed by atoms with van der Waals surface area (Å²) >= 11 is 0. The van der Waals surface area contributed by atoms with Crippen LogP contribution in [0.5, 0.6) is 0 Å². The Morgan fingerprint density at radius 3 is 2.19 bits per heavy atom. The summed E-state index contributed by atoms with van der Waals surface area (Å²) in [6.45, 7) is 8.08. The molecule has 2 amide bonds. The van der Waals surface area contributed by atoms with E-state index in [1.54, 1.807) is 12.1 Å². The minimum Gasteiger partial charge on any atom is -0.399 e. The number of aryl methyl sites for hydroxylation is 1. The van der Waals surface area contributed by atoms with Crippen LogP contribution < -0.4 is 5.73 Å². The van der Waals surface area contributed by atoms with Crippen molar-refractivity contribution in [3.05, 3.63) is 29.3 Å². The average Bonchev–Trinajstić information content (AvgIpc) is 2.46. The summed E-state index contributed by atoms with van der Waals surface area (Å²) in [7, 11) is 0. The first-order valence-electron chi connectivity index (χ1n) is 7.34. The molecule has 2 N–H and O–H groups in total. The molecule has 1 heterocycles. The Balaban J connectivity index is 2.02. The predicted molar refractivity (Wildman–Crippen MR) is 82.9 cm³/mol. The van der Waals surface area contributed by atoms with Crippen LogP contribution in [0.3, 0.4) is 0 Å². The number of hydrogen-bond acceptors (Lipinski definition) is 3. The monoisotopic (exact) mass is 289 g/mol. The van der Waals surface area contributed by atoms with E-state index in [1.807, 2.05) is 36.6 Å². The lowest BCUT2D eigenvalue weighted by atomic mass is 10.1. The van der Waals surface area contributed by atoms with E-state index in [0.717, 1.165) is 5.56 Å². The van der Waals surface area contributed by atoms with Gasteiger partial charge in [0.25, 0.3) is 5.91 Å². The Kier molecular flexibility index (Phi) is 4.50. The fraction of sp³-hybridized carbons (Fsp3) is 0.500. The highest BCUT2D eigenvalue weighted by Gasteiger charge is 2.26. The largest absolute Gasteiger partial charge is 0.399 e. The van der Waals surface area contributed by atoms with Gasteiger partial charge in [-0.1, -0.05) is 13.8 Å². The van der Waals surface area contributed by atoms with Gasteiger partial charge in [-0.05, 0) is 30.7 Å². The molecule has 21 heavy (non-hydrogen) atoms. The summed E-state index contributed by atoms with van der Waals surface area (Å²) in [5, 5.41) is 0. The van der Waals surface area contributed by atoms with E-state index in [1.165, 1.54) is 0 Å². The molecular weight excluding hydrogens is 266 g/mol. The van der Waals surface area contributed by atoms with Crippen molar-refractivity contribution in [1.29, 1.82) is 0 Å². The van der Waals surface area contributed by atoms with Crippen molar-refractivity contribution in [2.45, 2.75) is 20.8 Å².